The van der Waals surface area contributed by atoms with Crippen molar-refractivity contribution in [1.82, 2.24) is 29.5 Å². The molecule has 5 heterocycles. The number of hydrogen-bond donors (Lipinski definition) is 2. The molecule has 1 aromatic carbocycles. The summed E-state index contributed by atoms with van der Waals surface area (Å²) in [5.74, 6) is -0.209. The van der Waals surface area contributed by atoms with Gasteiger partial charge in [-0.25, -0.2) is 24.5 Å². The Morgan fingerprint density at radius 1 is 1.03 bits per heavy atom. The normalized spacial score (nSPS) is 14.8. The van der Waals surface area contributed by atoms with E-state index in [0.29, 0.717) is 41.2 Å². The lowest BCUT2D eigenvalue weighted by molar-refractivity contribution is 0.103. The maximum absolute atomic E-state index is 13.0. The van der Waals surface area contributed by atoms with Crippen LogP contribution in [0.1, 0.15) is 34.9 Å². The first-order valence-corrected chi connectivity index (χ1v) is 10.9. The molecule has 11 nitrogen and oxygen atoms in total. The summed E-state index contributed by atoms with van der Waals surface area (Å²) in [5, 5.41) is 0. The van der Waals surface area contributed by atoms with Gasteiger partial charge in [0.1, 0.15) is 17.8 Å². The van der Waals surface area contributed by atoms with Gasteiger partial charge >= 0.3 is 11.4 Å². The average Bonchev–Trinajstić information content (AvgIpc) is 3.41. The molecule has 1 saturated heterocycles. The third-order valence-electron chi connectivity index (χ3n) is 6.21. The highest BCUT2D eigenvalue weighted by Crippen LogP contribution is 2.27. The Morgan fingerprint density at radius 3 is 2.74 bits per heavy atom. The fourth-order valence-electron chi connectivity index (χ4n) is 4.55. The van der Waals surface area contributed by atoms with Gasteiger partial charge in [-0.05, 0) is 43.2 Å². The van der Waals surface area contributed by atoms with Gasteiger partial charge in [0.15, 0.2) is 11.2 Å². The van der Waals surface area contributed by atoms with Crippen LogP contribution in [0.25, 0.3) is 22.3 Å². The quantitative estimate of drug-likeness (QED) is 0.390. The van der Waals surface area contributed by atoms with Gasteiger partial charge in [-0.1, -0.05) is 0 Å². The summed E-state index contributed by atoms with van der Waals surface area (Å²) in [6.45, 7) is 1.35. The second-order valence-corrected chi connectivity index (χ2v) is 8.21. The van der Waals surface area contributed by atoms with Crippen LogP contribution in [0.2, 0.25) is 0 Å². The van der Waals surface area contributed by atoms with Gasteiger partial charge < -0.3 is 9.32 Å². The molecule has 6 rings (SSSR count). The lowest BCUT2D eigenvalue weighted by atomic mass is 10.0. The van der Waals surface area contributed by atoms with Gasteiger partial charge in [0.2, 0.25) is 5.78 Å². The van der Waals surface area contributed by atoms with Crippen molar-refractivity contribution in [3.05, 3.63) is 81.2 Å². The van der Waals surface area contributed by atoms with E-state index in [9.17, 15) is 14.4 Å². The molecule has 34 heavy (non-hydrogen) atoms. The molecule has 0 aliphatic carbocycles. The largest absolute Gasteiger partial charge is 0.417 e. The monoisotopic (exact) mass is 457 g/mol. The van der Waals surface area contributed by atoms with Gasteiger partial charge in [-0.15, -0.1) is 0 Å². The molecule has 0 saturated carbocycles. The Bertz CT molecular complexity index is 1650. The van der Waals surface area contributed by atoms with E-state index in [4.69, 9.17) is 4.42 Å². The minimum absolute atomic E-state index is 0.0485. The summed E-state index contributed by atoms with van der Waals surface area (Å²) < 4.78 is 6.84. The molecule has 2 N–H and O–H groups in total. The van der Waals surface area contributed by atoms with E-state index in [1.807, 2.05) is 12.1 Å². The fourth-order valence-corrected chi connectivity index (χ4v) is 4.55. The number of aromatic amines is 2. The molecule has 0 radical (unpaired) electrons. The van der Waals surface area contributed by atoms with Crippen molar-refractivity contribution in [3.8, 4) is 0 Å². The highest BCUT2D eigenvalue weighted by atomic mass is 16.4. The number of carbonyl (C=O) groups excluding carboxylic acids is 1. The topological polar surface area (TPSA) is 143 Å². The highest BCUT2D eigenvalue weighted by molar-refractivity contribution is 6.09. The number of oxazole rings is 1. The molecule has 4 aromatic heterocycles. The molecular formula is C23H19N7O4. The SMILES string of the molecule is O=C(c1ccc2[nH]c(=O)oc2c1)c1cc(N2CCC(n3c(=O)[nH]c4ncccc43)CC2)ncn1. The van der Waals surface area contributed by atoms with Gasteiger partial charge in [0, 0.05) is 37.0 Å². The number of aromatic nitrogens is 6. The number of fused-ring (bicyclic) bond motifs is 2. The Kier molecular flexibility index (Phi) is 4.61. The number of hydrogen-bond acceptors (Lipinski definition) is 8. The Morgan fingerprint density at radius 2 is 1.88 bits per heavy atom. The van der Waals surface area contributed by atoms with Gasteiger partial charge in [0.25, 0.3) is 0 Å². The lowest BCUT2D eigenvalue weighted by Gasteiger charge is -2.33. The van der Waals surface area contributed by atoms with E-state index in [1.165, 1.54) is 12.4 Å². The first-order valence-electron chi connectivity index (χ1n) is 10.9. The fraction of sp³-hybridized carbons (Fsp3) is 0.217. The predicted molar refractivity (Wildman–Crippen MR) is 123 cm³/mol. The smallest absolute Gasteiger partial charge is 0.408 e. The van der Waals surface area contributed by atoms with E-state index in [0.717, 1.165) is 18.4 Å². The number of anilines is 1. The van der Waals surface area contributed by atoms with Crippen LogP contribution < -0.4 is 16.3 Å². The molecule has 1 aliphatic rings. The zero-order valence-electron chi connectivity index (χ0n) is 17.9. The summed E-state index contributed by atoms with van der Waals surface area (Å²) >= 11 is 0. The Hall–Kier alpha value is -4.54. The molecule has 0 amide bonds. The molecule has 11 heteroatoms. The minimum Gasteiger partial charge on any atom is -0.408 e. The maximum atomic E-state index is 13.0. The number of carbonyl (C=O) groups is 1. The van der Waals surface area contributed by atoms with Crippen LogP contribution in [-0.4, -0.2) is 48.4 Å². The zero-order valence-corrected chi connectivity index (χ0v) is 17.9. The second kappa shape index (κ2) is 7.80. The number of pyridine rings is 1. The molecule has 0 bridgehead atoms. The van der Waals surface area contributed by atoms with Crippen molar-refractivity contribution in [2.75, 3.05) is 18.0 Å². The molecular weight excluding hydrogens is 438 g/mol. The standard InChI is InChI=1S/C23H19N7O4/c31-20(13-3-4-15-18(10-13)34-23(33)27-15)16-11-19(26-12-25-16)29-8-5-14(6-9-29)30-17-2-1-7-24-21(17)28-22(30)32/h1-4,7,10-12,14H,5-6,8-9H2,(H,27,33)(H,24,28,32). The van der Waals surface area contributed by atoms with Crippen molar-refractivity contribution in [1.29, 1.82) is 0 Å². The summed E-state index contributed by atoms with van der Waals surface area (Å²) in [6, 6.07) is 10.2. The van der Waals surface area contributed by atoms with E-state index in [-0.39, 0.29) is 23.2 Å². The molecule has 1 fully saturated rings. The second-order valence-electron chi connectivity index (χ2n) is 8.21. The molecule has 170 valence electrons. The number of rotatable bonds is 4. The summed E-state index contributed by atoms with van der Waals surface area (Å²) in [6.07, 6.45) is 4.53. The third kappa shape index (κ3) is 3.38. The average molecular weight is 457 g/mol. The summed E-state index contributed by atoms with van der Waals surface area (Å²) in [4.78, 5) is 57.1. The van der Waals surface area contributed by atoms with Crippen LogP contribution in [0.5, 0.6) is 0 Å². The number of nitrogens with one attached hydrogen (secondary N) is 2. The highest BCUT2D eigenvalue weighted by Gasteiger charge is 2.25. The molecule has 1 aliphatic heterocycles. The predicted octanol–water partition coefficient (Wildman–Crippen LogP) is 2.02. The number of ketones is 1. The van der Waals surface area contributed by atoms with Crippen LogP contribution in [0.3, 0.4) is 0 Å². The van der Waals surface area contributed by atoms with Gasteiger partial charge in [0.05, 0.1) is 11.0 Å². The van der Waals surface area contributed by atoms with Crippen LogP contribution in [0.15, 0.2) is 62.9 Å². The zero-order chi connectivity index (χ0) is 23.2. The van der Waals surface area contributed by atoms with Crippen molar-refractivity contribution in [2.45, 2.75) is 18.9 Å². The Balaban J connectivity index is 1.22. The Labute approximate surface area is 191 Å². The van der Waals surface area contributed by atoms with Crippen LogP contribution >= 0.6 is 0 Å². The molecule has 5 aromatic rings. The summed E-state index contributed by atoms with van der Waals surface area (Å²) in [7, 11) is 0. The van der Waals surface area contributed by atoms with E-state index >= 15 is 0 Å². The molecule has 0 atom stereocenters. The van der Waals surface area contributed by atoms with Gasteiger partial charge in [-0.2, -0.15) is 0 Å². The first kappa shape index (κ1) is 20.1. The first-order chi connectivity index (χ1) is 16.6. The summed E-state index contributed by atoms with van der Waals surface area (Å²) in [5.41, 5.74) is 2.70. The van der Waals surface area contributed by atoms with Crippen molar-refractivity contribution in [2.24, 2.45) is 0 Å². The molecule has 0 spiro atoms. The number of imidazole rings is 1. The van der Waals surface area contributed by atoms with Crippen LogP contribution in [0.4, 0.5) is 5.82 Å². The van der Waals surface area contributed by atoms with Gasteiger partial charge in [-0.3, -0.25) is 19.3 Å². The number of piperidine rings is 1. The van der Waals surface area contributed by atoms with Crippen molar-refractivity contribution < 1.29 is 9.21 Å². The van der Waals surface area contributed by atoms with E-state index in [2.05, 4.69) is 29.8 Å². The number of benzene rings is 1. The van der Waals surface area contributed by atoms with Crippen molar-refractivity contribution in [3.63, 3.8) is 0 Å². The van der Waals surface area contributed by atoms with E-state index < -0.39 is 5.76 Å². The maximum Gasteiger partial charge on any atom is 0.417 e. The lowest BCUT2D eigenvalue weighted by Crippen LogP contribution is -2.37. The number of nitrogens with zero attached hydrogens (tertiary/aromatic N) is 5. The number of H-pyrrole nitrogens is 2. The minimum atomic E-state index is -0.571. The van der Waals surface area contributed by atoms with E-state index in [1.54, 1.807) is 29.0 Å². The van der Waals surface area contributed by atoms with Crippen molar-refractivity contribution >= 4 is 33.9 Å². The van der Waals surface area contributed by atoms with Crippen LogP contribution in [0, 0.1) is 0 Å². The van der Waals surface area contributed by atoms with Crippen LogP contribution in [-0.2, 0) is 0 Å². The molecule has 0 unspecified atom stereocenters. The third-order valence-corrected chi connectivity index (χ3v) is 6.21.